The van der Waals surface area contributed by atoms with Crippen molar-refractivity contribution in [3.63, 3.8) is 0 Å². The van der Waals surface area contributed by atoms with Crippen LogP contribution < -0.4 is 0 Å². The molecule has 0 amide bonds. The highest BCUT2D eigenvalue weighted by molar-refractivity contribution is 8.55. The van der Waals surface area contributed by atoms with Crippen molar-refractivity contribution in [2.75, 3.05) is 6.16 Å². The maximum Gasteiger partial charge on any atom is 0.307 e. The Morgan fingerprint density at radius 1 is 1.29 bits per heavy atom. The van der Waals surface area contributed by atoms with Gasteiger partial charge in [0.25, 0.3) is 0 Å². The average molecular weight is 333 g/mol. The van der Waals surface area contributed by atoms with Crippen LogP contribution in [0.2, 0.25) is 0 Å². The molecule has 0 spiro atoms. The van der Waals surface area contributed by atoms with E-state index in [9.17, 15) is 18.7 Å². The Morgan fingerprint density at radius 2 is 1.90 bits per heavy atom. The first-order chi connectivity index (χ1) is 9.86. The van der Waals surface area contributed by atoms with E-state index in [4.69, 9.17) is 10.2 Å². The van der Waals surface area contributed by atoms with Crippen LogP contribution in [0.15, 0.2) is 24.5 Å². The molecule has 0 aliphatic heterocycles. The van der Waals surface area contributed by atoms with Crippen molar-refractivity contribution in [3.05, 3.63) is 30.1 Å². The highest BCUT2D eigenvalue weighted by atomic mass is 32.7. The number of carboxylic acids is 2. The second kappa shape index (κ2) is 8.17. The number of pyridine rings is 1. The molecule has 0 bridgehead atoms. The number of carboxylic acid groups (broad SMARTS) is 2. The smallest absolute Gasteiger partial charge is 0.307 e. The zero-order valence-corrected chi connectivity index (χ0v) is 12.8. The first-order valence-electron chi connectivity index (χ1n) is 6.11. The molecule has 0 aliphatic rings. The van der Waals surface area contributed by atoms with Gasteiger partial charge in [0.15, 0.2) is 6.34 Å². The van der Waals surface area contributed by atoms with E-state index in [0.717, 1.165) is 0 Å². The minimum absolute atomic E-state index is 0.0353. The van der Waals surface area contributed by atoms with Crippen LogP contribution in [0.1, 0.15) is 18.4 Å². The summed E-state index contributed by atoms with van der Waals surface area (Å²) >= 11 is 0.171. The van der Waals surface area contributed by atoms with Crippen LogP contribution in [0, 0.1) is 5.92 Å². The van der Waals surface area contributed by atoms with Crippen LogP contribution >= 0.6 is 18.0 Å². The van der Waals surface area contributed by atoms with Crippen molar-refractivity contribution >= 4 is 29.9 Å². The topological polar surface area (TPSA) is 125 Å². The molecule has 7 nitrogen and oxygen atoms in total. The molecule has 0 fully saturated rings. The predicted molar refractivity (Wildman–Crippen MR) is 78.6 cm³/mol. The monoisotopic (exact) mass is 333 g/mol. The minimum Gasteiger partial charge on any atom is -0.481 e. The van der Waals surface area contributed by atoms with Crippen molar-refractivity contribution in [3.8, 4) is 0 Å². The van der Waals surface area contributed by atoms with Crippen LogP contribution in [-0.4, -0.2) is 37.9 Å². The number of aromatic nitrogens is 1. The van der Waals surface area contributed by atoms with Crippen LogP contribution in [-0.2, 0) is 20.3 Å². The summed E-state index contributed by atoms with van der Waals surface area (Å²) in [6.45, 7) is 0. The summed E-state index contributed by atoms with van der Waals surface area (Å²) < 4.78 is 21.9. The van der Waals surface area contributed by atoms with E-state index >= 15 is 0 Å². The molecule has 2 atom stereocenters. The molecular weight excluding hydrogens is 317 g/mol. The molecule has 0 aliphatic carbocycles. The van der Waals surface area contributed by atoms with Gasteiger partial charge >= 0.3 is 11.9 Å². The first kappa shape index (κ1) is 17.7. The second-order valence-corrected chi connectivity index (χ2v) is 9.52. The first-order valence-corrected chi connectivity index (χ1v) is 9.56. The summed E-state index contributed by atoms with van der Waals surface area (Å²) in [5, 5.41) is 17.7. The third-order valence-electron chi connectivity index (χ3n) is 2.88. The van der Waals surface area contributed by atoms with E-state index < -0.39 is 24.2 Å². The molecule has 1 aromatic rings. The molecule has 0 saturated carbocycles. The SMILES string of the molecule is O=C(O)CCC(CP(=O)(Cc1ccncc1)SO)C(=O)O. The van der Waals surface area contributed by atoms with Crippen molar-refractivity contribution < 1.29 is 28.9 Å². The summed E-state index contributed by atoms with van der Waals surface area (Å²) in [7, 11) is 0. The quantitative estimate of drug-likeness (QED) is 0.465. The zero-order chi connectivity index (χ0) is 15.9. The number of aliphatic carboxylic acids is 2. The highest BCUT2D eigenvalue weighted by Gasteiger charge is 2.31. The van der Waals surface area contributed by atoms with E-state index in [1.54, 1.807) is 12.1 Å². The summed E-state index contributed by atoms with van der Waals surface area (Å²) in [5.74, 6) is -3.38. The van der Waals surface area contributed by atoms with Crippen molar-refractivity contribution in [1.82, 2.24) is 4.98 Å². The highest BCUT2D eigenvalue weighted by Crippen LogP contribution is 2.60. The van der Waals surface area contributed by atoms with Gasteiger partial charge in [-0.05, 0) is 24.1 Å². The van der Waals surface area contributed by atoms with Gasteiger partial charge in [-0.1, -0.05) is 0 Å². The maximum absolute atomic E-state index is 12.6. The number of rotatable bonds is 9. The predicted octanol–water partition coefficient (Wildman–Crippen LogP) is 2.63. The van der Waals surface area contributed by atoms with Gasteiger partial charge < -0.3 is 19.3 Å². The Labute approximate surface area is 125 Å². The van der Waals surface area contributed by atoms with E-state index in [1.807, 2.05) is 0 Å². The van der Waals surface area contributed by atoms with Crippen LogP contribution in [0.5, 0.6) is 0 Å². The Morgan fingerprint density at radius 3 is 2.38 bits per heavy atom. The van der Waals surface area contributed by atoms with Crippen LogP contribution in [0.25, 0.3) is 0 Å². The fourth-order valence-electron chi connectivity index (χ4n) is 1.82. The molecule has 116 valence electrons. The van der Waals surface area contributed by atoms with Gasteiger partial charge in [-0.2, -0.15) is 0 Å². The number of hydrogen-bond acceptors (Lipinski definition) is 6. The molecule has 1 aromatic heterocycles. The van der Waals surface area contributed by atoms with Gasteiger partial charge in [-0.3, -0.25) is 14.6 Å². The van der Waals surface area contributed by atoms with Gasteiger partial charge in [0.2, 0.25) is 0 Å². The maximum atomic E-state index is 12.6. The molecule has 9 heteroatoms. The van der Waals surface area contributed by atoms with Crippen LogP contribution in [0.4, 0.5) is 0 Å². The van der Waals surface area contributed by atoms with Gasteiger partial charge in [-0.25, -0.2) is 0 Å². The Kier molecular flexibility index (Phi) is 6.87. The molecule has 0 aromatic carbocycles. The lowest BCUT2D eigenvalue weighted by Crippen LogP contribution is -2.19. The molecule has 0 radical (unpaired) electrons. The summed E-state index contributed by atoms with van der Waals surface area (Å²) in [4.78, 5) is 25.5. The van der Waals surface area contributed by atoms with E-state index in [2.05, 4.69) is 4.98 Å². The minimum atomic E-state index is -3.22. The summed E-state index contributed by atoms with van der Waals surface area (Å²) in [6.07, 6.45) is -0.844. The van der Waals surface area contributed by atoms with Gasteiger partial charge in [-0.15, -0.1) is 0 Å². The fraction of sp³-hybridized carbons (Fsp3) is 0.417. The zero-order valence-electron chi connectivity index (χ0n) is 11.1. The largest absolute Gasteiger partial charge is 0.481 e. The van der Waals surface area contributed by atoms with Crippen molar-refractivity contribution in [2.45, 2.75) is 19.0 Å². The van der Waals surface area contributed by atoms with Gasteiger partial charge in [0.1, 0.15) is 0 Å². The Bertz CT molecular complexity index is 538. The molecule has 2 unspecified atom stereocenters. The lowest BCUT2D eigenvalue weighted by atomic mass is 10.1. The molecular formula is C12H16NO6PS. The fourth-order valence-corrected chi connectivity index (χ4v) is 5.21. The van der Waals surface area contributed by atoms with E-state index in [1.165, 1.54) is 12.4 Å². The summed E-state index contributed by atoms with van der Waals surface area (Å²) in [6, 6.07) is 3.27. The molecule has 21 heavy (non-hydrogen) atoms. The number of hydrogen-bond donors (Lipinski definition) is 3. The molecule has 3 N–H and O–H groups in total. The summed E-state index contributed by atoms with van der Waals surface area (Å²) in [5.41, 5.74) is 0.678. The van der Waals surface area contributed by atoms with Gasteiger partial charge in [0.05, 0.1) is 17.6 Å². The lowest BCUT2D eigenvalue weighted by molar-refractivity contribution is -0.142. The molecule has 1 heterocycles. The van der Waals surface area contributed by atoms with E-state index in [0.29, 0.717) is 5.56 Å². The van der Waals surface area contributed by atoms with Crippen molar-refractivity contribution in [2.24, 2.45) is 5.92 Å². The number of carbonyl (C=O) groups is 2. The number of nitrogens with zero attached hydrogens (tertiary/aromatic N) is 1. The van der Waals surface area contributed by atoms with Crippen LogP contribution in [0.3, 0.4) is 0 Å². The third-order valence-corrected chi connectivity index (χ3v) is 6.75. The Hall–Kier alpha value is -1.37. The van der Waals surface area contributed by atoms with E-state index in [-0.39, 0.29) is 36.8 Å². The normalized spacial score (nSPS) is 15.1. The standard InChI is InChI=1S/C12H16NO6PS/c14-11(15)2-1-10(12(16)17)8-20(18,21-19)7-9-3-5-13-6-4-9/h3-6,10,19H,1-2,7-8H2,(H,14,15)(H,16,17). The average Bonchev–Trinajstić information content (AvgIpc) is 2.44. The molecule has 0 saturated heterocycles. The second-order valence-electron chi connectivity index (χ2n) is 4.56. The van der Waals surface area contributed by atoms with Crippen molar-refractivity contribution in [1.29, 1.82) is 0 Å². The lowest BCUT2D eigenvalue weighted by Gasteiger charge is -2.18. The third kappa shape index (κ3) is 6.29. The van der Waals surface area contributed by atoms with Gasteiger partial charge in [0, 0.05) is 31.1 Å². The molecule has 1 rings (SSSR count). The Balaban J connectivity index is 2.79.